The first-order valence-electron chi connectivity index (χ1n) is 8.65. The predicted molar refractivity (Wildman–Crippen MR) is 89.8 cm³/mol. The number of rotatable bonds is 8. The SMILES string of the molecule is CN(CCC1CCCCO1)C(=O)CCCCc1ccccc1. The molecule has 122 valence electrons. The molecule has 3 heteroatoms. The Morgan fingerprint density at radius 3 is 2.77 bits per heavy atom. The quantitative estimate of drug-likeness (QED) is 0.683. The second-order valence-corrected chi connectivity index (χ2v) is 6.29. The Kier molecular flexibility index (Phi) is 7.44. The molecule has 1 aliphatic rings. The fraction of sp³-hybridized carbons (Fsp3) is 0.632. The molecular formula is C19H29NO2. The summed E-state index contributed by atoms with van der Waals surface area (Å²) >= 11 is 0. The van der Waals surface area contributed by atoms with Crippen LogP contribution in [0.1, 0.15) is 50.5 Å². The van der Waals surface area contributed by atoms with Gasteiger partial charge in [-0.1, -0.05) is 30.3 Å². The van der Waals surface area contributed by atoms with Crippen molar-refractivity contribution in [1.29, 1.82) is 0 Å². The van der Waals surface area contributed by atoms with Gasteiger partial charge in [0.1, 0.15) is 0 Å². The number of nitrogens with zero attached hydrogens (tertiary/aromatic N) is 1. The van der Waals surface area contributed by atoms with Crippen molar-refractivity contribution in [1.82, 2.24) is 4.90 Å². The molecule has 2 rings (SSSR count). The molecule has 3 nitrogen and oxygen atoms in total. The van der Waals surface area contributed by atoms with E-state index in [2.05, 4.69) is 24.3 Å². The molecule has 0 aromatic heterocycles. The third kappa shape index (κ3) is 6.18. The van der Waals surface area contributed by atoms with Gasteiger partial charge in [0.25, 0.3) is 0 Å². The molecule has 0 spiro atoms. The lowest BCUT2D eigenvalue weighted by molar-refractivity contribution is -0.130. The number of carbonyl (C=O) groups is 1. The van der Waals surface area contributed by atoms with Gasteiger partial charge in [-0.25, -0.2) is 0 Å². The minimum Gasteiger partial charge on any atom is -0.378 e. The van der Waals surface area contributed by atoms with Crippen molar-refractivity contribution >= 4 is 5.91 Å². The van der Waals surface area contributed by atoms with Crippen LogP contribution in [0.5, 0.6) is 0 Å². The normalized spacial score (nSPS) is 18.1. The summed E-state index contributed by atoms with van der Waals surface area (Å²) in [7, 11) is 1.92. The second kappa shape index (κ2) is 9.62. The second-order valence-electron chi connectivity index (χ2n) is 6.29. The van der Waals surface area contributed by atoms with Gasteiger partial charge in [-0.15, -0.1) is 0 Å². The number of hydrogen-bond acceptors (Lipinski definition) is 2. The van der Waals surface area contributed by atoms with Gasteiger partial charge in [0.05, 0.1) is 6.10 Å². The van der Waals surface area contributed by atoms with Crippen LogP contribution in [0.3, 0.4) is 0 Å². The van der Waals surface area contributed by atoms with Crippen molar-refractivity contribution in [3.63, 3.8) is 0 Å². The Bertz CT molecular complexity index is 426. The average Bonchev–Trinajstić information content (AvgIpc) is 2.58. The van der Waals surface area contributed by atoms with Crippen molar-refractivity contribution in [2.24, 2.45) is 0 Å². The van der Waals surface area contributed by atoms with E-state index >= 15 is 0 Å². The van der Waals surface area contributed by atoms with E-state index in [1.807, 2.05) is 18.0 Å². The number of benzene rings is 1. The summed E-state index contributed by atoms with van der Waals surface area (Å²) in [4.78, 5) is 14.0. The lowest BCUT2D eigenvalue weighted by atomic mass is 10.1. The maximum absolute atomic E-state index is 12.1. The van der Waals surface area contributed by atoms with Gasteiger partial charge in [0, 0.05) is 26.6 Å². The average molecular weight is 303 g/mol. The minimum absolute atomic E-state index is 0.267. The van der Waals surface area contributed by atoms with E-state index < -0.39 is 0 Å². The zero-order chi connectivity index (χ0) is 15.6. The van der Waals surface area contributed by atoms with E-state index in [1.165, 1.54) is 18.4 Å². The molecular weight excluding hydrogens is 274 g/mol. The number of ether oxygens (including phenoxy) is 1. The van der Waals surface area contributed by atoms with E-state index in [9.17, 15) is 4.79 Å². The Balaban J connectivity index is 1.55. The van der Waals surface area contributed by atoms with Gasteiger partial charge in [0.15, 0.2) is 0 Å². The van der Waals surface area contributed by atoms with Crippen molar-refractivity contribution in [3.8, 4) is 0 Å². The first kappa shape index (κ1) is 17.0. The molecule has 0 radical (unpaired) electrons. The Hall–Kier alpha value is -1.35. The predicted octanol–water partition coefficient (Wildman–Crippen LogP) is 3.82. The zero-order valence-electron chi connectivity index (χ0n) is 13.8. The van der Waals surface area contributed by atoms with Crippen LogP contribution in [0.4, 0.5) is 0 Å². The van der Waals surface area contributed by atoms with Crippen LogP contribution in [0.25, 0.3) is 0 Å². The van der Waals surface area contributed by atoms with Gasteiger partial charge < -0.3 is 9.64 Å². The van der Waals surface area contributed by atoms with Crippen LogP contribution in [0.15, 0.2) is 30.3 Å². The molecule has 1 aromatic rings. The Morgan fingerprint density at radius 2 is 2.05 bits per heavy atom. The molecule has 1 fully saturated rings. The monoisotopic (exact) mass is 303 g/mol. The highest BCUT2D eigenvalue weighted by atomic mass is 16.5. The van der Waals surface area contributed by atoms with Crippen molar-refractivity contribution in [3.05, 3.63) is 35.9 Å². The first-order valence-corrected chi connectivity index (χ1v) is 8.65. The molecule has 0 N–H and O–H groups in total. The summed E-state index contributed by atoms with van der Waals surface area (Å²) in [5, 5.41) is 0. The molecule has 1 atom stereocenters. The van der Waals surface area contributed by atoms with Crippen molar-refractivity contribution in [2.75, 3.05) is 20.2 Å². The fourth-order valence-electron chi connectivity index (χ4n) is 2.94. The van der Waals surface area contributed by atoms with Crippen LogP contribution in [-0.4, -0.2) is 37.1 Å². The van der Waals surface area contributed by atoms with Gasteiger partial charge >= 0.3 is 0 Å². The zero-order valence-corrected chi connectivity index (χ0v) is 13.8. The number of hydrogen-bond donors (Lipinski definition) is 0. The van der Waals surface area contributed by atoms with Crippen LogP contribution >= 0.6 is 0 Å². The topological polar surface area (TPSA) is 29.5 Å². The van der Waals surface area contributed by atoms with Crippen LogP contribution in [0.2, 0.25) is 0 Å². The third-order valence-corrected chi connectivity index (χ3v) is 4.44. The number of carbonyl (C=O) groups excluding carboxylic acids is 1. The summed E-state index contributed by atoms with van der Waals surface area (Å²) in [6.07, 6.45) is 8.72. The van der Waals surface area contributed by atoms with Crippen LogP contribution in [-0.2, 0) is 16.0 Å². The minimum atomic E-state index is 0.267. The number of unbranched alkanes of at least 4 members (excludes halogenated alkanes) is 1. The molecule has 1 heterocycles. The number of aryl methyl sites for hydroxylation is 1. The maximum atomic E-state index is 12.1. The highest BCUT2D eigenvalue weighted by molar-refractivity contribution is 5.75. The number of amides is 1. The third-order valence-electron chi connectivity index (χ3n) is 4.44. The summed E-state index contributed by atoms with van der Waals surface area (Å²) in [5.74, 6) is 0.267. The van der Waals surface area contributed by atoms with E-state index in [1.54, 1.807) is 0 Å². The first-order chi connectivity index (χ1) is 10.8. The smallest absolute Gasteiger partial charge is 0.222 e. The lowest BCUT2D eigenvalue weighted by Gasteiger charge is -2.25. The largest absolute Gasteiger partial charge is 0.378 e. The van der Waals surface area contributed by atoms with E-state index in [4.69, 9.17) is 4.74 Å². The lowest BCUT2D eigenvalue weighted by Crippen LogP contribution is -2.31. The summed E-state index contributed by atoms with van der Waals surface area (Å²) in [5.41, 5.74) is 1.36. The summed E-state index contributed by atoms with van der Waals surface area (Å²) in [6.45, 7) is 1.71. The molecule has 1 amide bonds. The molecule has 1 unspecified atom stereocenters. The molecule has 1 aliphatic heterocycles. The van der Waals surface area contributed by atoms with E-state index in [-0.39, 0.29) is 5.91 Å². The molecule has 1 aromatic carbocycles. The Labute approximate surface area is 134 Å². The van der Waals surface area contributed by atoms with Crippen LogP contribution in [0, 0.1) is 0 Å². The fourth-order valence-corrected chi connectivity index (χ4v) is 2.94. The van der Waals surface area contributed by atoms with E-state index in [0.717, 1.165) is 45.3 Å². The highest BCUT2D eigenvalue weighted by Crippen LogP contribution is 2.16. The van der Waals surface area contributed by atoms with Crippen molar-refractivity contribution in [2.45, 2.75) is 57.5 Å². The highest BCUT2D eigenvalue weighted by Gasteiger charge is 2.16. The van der Waals surface area contributed by atoms with Gasteiger partial charge in [0.2, 0.25) is 5.91 Å². The van der Waals surface area contributed by atoms with E-state index in [0.29, 0.717) is 12.5 Å². The summed E-state index contributed by atoms with van der Waals surface area (Å²) < 4.78 is 5.72. The maximum Gasteiger partial charge on any atom is 0.222 e. The Morgan fingerprint density at radius 1 is 1.23 bits per heavy atom. The molecule has 22 heavy (non-hydrogen) atoms. The van der Waals surface area contributed by atoms with Gasteiger partial charge in [-0.05, 0) is 50.5 Å². The van der Waals surface area contributed by atoms with Gasteiger partial charge in [-0.2, -0.15) is 0 Å². The molecule has 0 aliphatic carbocycles. The summed E-state index contributed by atoms with van der Waals surface area (Å²) in [6, 6.07) is 10.5. The molecule has 0 bridgehead atoms. The van der Waals surface area contributed by atoms with Gasteiger partial charge in [-0.3, -0.25) is 4.79 Å². The molecule has 0 saturated carbocycles. The standard InChI is InChI=1S/C19H29NO2/c1-20(15-14-18-12-7-8-16-22-18)19(21)13-6-5-11-17-9-3-2-4-10-17/h2-4,9-10,18H,5-8,11-16H2,1H3. The van der Waals surface area contributed by atoms with Crippen LogP contribution < -0.4 is 0 Å². The van der Waals surface area contributed by atoms with Crippen molar-refractivity contribution < 1.29 is 9.53 Å². The molecule has 1 saturated heterocycles.